The van der Waals surface area contributed by atoms with Gasteiger partial charge in [-0.15, -0.1) is 0 Å². The first-order chi connectivity index (χ1) is 11.7. The van der Waals surface area contributed by atoms with E-state index in [4.69, 9.17) is 0 Å². The molecule has 2 aromatic carbocycles. The maximum Gasteiger partial charge on any atom is 0.416 e. The Balaban J connectivity index is 1.91. The molecule has 0 aliphatic carbocycles. The van der Waals surface area contributed by atoms with Crippen molar-refractivity contribution in [3.05, 3.63) is 58.7 Å². The number of hydrogen-bond donors (Lipinski definition) is 2. The Morgan fingerprint density at radius 3 is 2.28 bits per heavy atom. The van der Waals surface area contributed by atoms with Gasteiger partial charge in [0, 0.05) is 24.3 Å². The molecule has 0 aliphatic rings. The summed E-state index contributed by atoms with van der Waals surface area (Å²) in [5.41, 5.74) is 3.50. The molecule has 3 nitrogen and oxygen atoms in total. The van der Waals surface area contributed by atoms with Crippen LogP contribution >= 0.6 is 0 Å². The SMILES string of the molecule is Cc1cc(C)c(NC(=O)CCNc2cccc(C(F)(F)F)c2)c(C)c1. The van der Waals surface area contributed by atoms with Crippen LogP contribution in [0.2, 0.25) is 0 Å². The fourth-order valence-corrected chi connectivity index (χ4v) is 2.70. The van der Waals surface area contributed by atoms with Gasteiger partial charge in [-0.05, 0) is 50.1 Å². The van der Waals surface area contributed by atoms with E-state index in [-0.39, 0.29) is 18.9 Å². The normalized spacial score (nSPS) is 11.3. The summed E-state index contributed by atoms with van der Waals surface area (Å²) < 4.78 is 38.0. The molecule has 0 radical (unpaired) electrons. The van der Waals surface area contributed by atoms with Gasteiger partial charge in [-0.3, -0.25) is 4.79 Å². The van der Waals surface area contributed by atoms with Gasteiger partial charge in [-0.1, -0.05) is 23.8 Å². The predicted molar refractivity (Wildman–Crippen MR) is 93.8 cm³/mol. The van der Waals surface area contributed by atoms with Gasteiger partial charge in [0.2, 0.25) is 5.91 Å². The van der Waals surface area contributed by atoms with E-state index in [2.05, 4.69) is 10.6 Å². The maximum absolute atomic E-state index is 12.7. The highest BCUT2D eigenvalue weighted by Crippen LogP contribution is 2.30. The third-order valence-electron chi connectivity index (χ3n) is 3.81. The highest BCUT2D eigenvalue weighted by molar-refractivity contribution is 5.92. The van der Waals surface area contributed by atoms with E-state index in [9.17, 15) is 18.0 Å². The van der Waals surface area contributed by atoms with Crippen LogP contribution in [0.25, 0.3) is 0 Å². The van der Waals surface area contributed by atoms with Crippen molar-refractivity contribution >= 4 is 17.3 Å². The van der Waals surface area contributed by atoms with Crippen LogP contribution in [0, 0.1) is 20.8 Å². The molecule has 0 atom stereocenters. The molecule has 0 aliphatic heterocycles. The lowest BCUT2D eigenvalue weighted by Crippen LogP contribution is -2.17. The van der Waals surface area contributed by atoms with E-state index in [0.29, 0.717) is 5.69 Å². The molecule has 6 heteroatoms. The van der Waals surface area contributed by atoms with Crippen LogP contribution in [0.1, 0.15) is 28.7 Å². The van der Waals surface area contributed by atoms with Gasteiger partial charge in [-0.25, -0.2) is 0 Å². The number of nitrogens with one attached hydrogen (secondary N) is 2. The number of hydrogen-bond acceptors (Lipinski definition) is 2. The summed E-state index contributed by atoms with van der Waals surface area (Å²) in [6, 6.07) is 8.91. The van der Waals surface area contributed by atoms with Crippen molar-refractivity contribution in [2.75, 3.05) is 17.2 Å². The molecule has 2 rings (SSSR count). The minimum absolute atomic E-state index is 0.156. The summed E-state index contributed by atoms with van der Waals surface area (Å²) in [5, 5.41) is 5.72. The number of carbonyl (C=O) groups is 1. The molecule has 0 bridgehead atoms. The first-order valence-electron chi connectivity index (χ1n) is 7.95. The van der Waals surface area contributed by atoms with Crippen LogP contribution in [0.3, 0.4) is 0 Å². The van der Waals surface area contributed by atoms with E-state index in [1.165, 1.54) is 6.07 Å². The van der Waals surface area contributed by atoms with Crippen LogP contribution in [-0.2, 0) is 11.0 Å². The van der Waals surface area contributed by atoms with Gasteiger partial charge in [0.25, 0.3) is 0 Å². The summed E-state index contributed by atoms with van der Waals surface area (Å²) in [4.78, 5) is 12.1. The standard InChI is InChI=1S/C19H21F3N2O/c1-12-9-13(2)18(14(3)10-12)24-17(25)7-8-23-16-6-4-5-15(11-16)19(20,21)22/h4-6,9-11,23H,7-8H2,1-3H3,(H,24,25). The quantitative estimate of drug-likeness (QED) is 0.790. The Morgan fingerprint density at radius 1 is 1.04 bits per heavy atom. The lowest BCUT2D eigenvalue weighted by Gasteiger charge is -2.13. The van der Waals surface area contributed by atoms with Crippen LogP contribution < -0.4 is 10.6 Å². The Hall–Kier alpha value is -2.50. The molecule has 0 spiro atoms. The van der Waals surface area contributed by atoms with Crippen molar-refractivity contribution < 1.29 is 18.0 Å². The number of aryl methyl sites for hydroxylation is 3. The molecule has 0 fully saturated rings. The average Bonchev–Trinajstić information content (AvgIpc) is 2.50. The predicted octanol–water partition coefficient (Wildman–Crippen LogP) is 5.07. The van der Waals surface area contributed by atoms with Gasteiger partial charge >= 0.3 is 6.18 Å². The second-order valence-corrected chi connectivity index (χ2v) is 6.08. The fourth-order valence-electron chi connectivity index (χ4n) is 2.70. The van der Waals surface area contributed by atoms with Crippen LogP contribution in [0.5, 0.6) is 0 Å². The Bertz CT molecular complexity index is 746. The third kappa shape index (κ3) is 5.24. The van der Waals surface area contributed by atoms with Gasteiger partial charge in [-0.2, -0.15) is 13.2 Å². The lowest BCUT2D eigenvalue weighted by atomic mass is 10.1. The summed E-state index contributed by atoms with van der Waals surface area (Å²) in [5.74, 6) is -0.186. The van der Waals surface area contributed by atoms with E-state index < -0.39 is 11.7 Å². The van der Waals surface area contributed by atoms with Crippen molar-refractivity contribution in [2.24, 2.45) is 0 Å². The van der Waals surface area contributed by atoms with Crippen molar-refractivity contribution in [2.45, 2.75) is 33.4 Å². The molecule has 2 aromatic rings. The van der Waals surface area contributed by atoms with Crippen molar-refractivity contribution in [1.29, 1.82) is 0 Å². The molecular formula is C19H21F3N2O. The number of benzene rings is 2. The highest BCUT2D eigenvalue weighted by atomic mass is 19.4. The minimum atomic E-state index is -4.38. The number of rotatable bonds is 5. The van der Waals surface area contributed by atoms with Gasteiger partial charge in [0.05, 0.1) is 5.56 Å². The van der Waals surface area contributed by atoms with Crippen molar-refractivity contribution in [3.63, 3.8) is 0 Å². The fraction of sp³-hybridized carbons (Fsp3) is 0.316. The van der Waals surface area contributed by atoms with Crippen LogP contribution in [0.15, 0.2) is 36.4 Å². The molecule has 0 aromatic heterocycles. The number of alkyl halides is 3. The van der Waals surface area contributed by atoms with E-state index in [1.54, 1.807) is 6.07 Å². The largest absolute Gasteiger partial charge is 0.416 e. The Kier molecular flexibility index (Phi) is 5.72. The molecule has 134 valence electrons. The molecule has 0 heterocycles. The molecule has 25 heavy (non-hydrogen) atoms. The van der Waals surface area contributed by atoms with Gasteiger partial charge in [0.15, 0.2) is 0 Å². The maximum atomic E-state index is 12.7. The summed E-state index contributed by atoms with van der Waals surface area (Å²) >= 11 is 0. The van der Waals surface area contributed by atoms with E-state index >= 15 is 0 Å². The van der Waals surface area contributed by atoms with Crippen molar-refractivity contribution in [3.8, 4) is 0 Å². The second-order valence-electron chi connectivity index (χ2n) is 6.08. The summed E-state index contributed by atoms with van der Waals surface area (Å²) in [7, 11) is 0. The molecule has 0 saturated carbocycles. The van der Waals surface area contributed by atoms with E-state index in [1.807, 2.05) is 32.9 Å². The molecular weight excluding hydrogens is 329 g/mol. The zero-order valence-corrected chi connectivity index (χ0v) is 14.4. The monoisotopic (exact) mass is 350 g/mol. The van der Waals surface area contributed by atoms with Gasteiger partial charge < -0.3 is 10.6 Å². The second kappa shape index (κ2) is 7.59. The highest BCUT2D eigenvalue weighted by Gasteiger charge is 2.30. The van der Waals surface area contributed by atoms with Crippen LogP contribution in [-0.4, -0.2) is 12.5 Å². The lowest BCUT2D eigenvalue weighted by molar-refractivity contribution is -0.137. The zero-order valence-electron chi connectivity index (χ0n) is 14.4. The van der Waals surface area contributed by atoms with Crippen molar-refractivity contribution in [1.82, 2.24) is 0 Å². The Morgan fingerprint density at radius 2 is 1.68 bits per heavy atom. The topological polar surface area (TPSA) is 41.1 Å². The number of anilines is 2. The summed E-state index contributed by atoms with van der Waals surface area (Å²) in [6.45, 7) is 6.09. The first-order valence-corrected chi connectivity index (χ1v) is 7.95. The minimum Gasteiger partial charge on any atom is -0.385 e. The molecule has 0 unspecified atom stereocenters. The smallest absolute Gasteiger partial charge is 0.385 e. The first kappa shape index (κ1) is 18.8. The summed E-state index contributed by atoms with van der Waals surface area (Å²) in [6.07, 6.45) is -4.22. The molecule has 0 saturated heterocycles. The molecule has 2 N–H and O–H groups in total. The molecule has 1 amide bonds. The number of halogens is 3. The average molecular weight is 350 g/mol. The number of carbonyl (C=O) groups excluding carboxylic acids is 1. The third-order valence-corrected chi connectivity index (χ3v) is 3.81. The van der Waals surface area contributed by atoms with Crippen LogP contribution in [0.4, 0.5) is 24.5 Å². The van der Waals surface area contributed by atoms with Gasteiger partial charge in [0.1, 0.15) is 0 Å². The van der Waals surface area contributed by atoms with E-state index in [0.717, 1.165) is 34.5 Å². The zero-order chi connectivity index (χ0) is 18.6. The number of amides is 1. The Labute approximate surface area is 145 Å².